The highest BCUT2D eigenvalue weighted by molar-refractivity contribution is 6.01. The molecule has 1 amide bonds. The van der Waals surface area contributed by atoms with Crippen molar-refractivity contribution in [3.05, 3.63) is 53.6 Å². The lowest BCUT2D eigenvalue weighted by Crippen LogP contribution is -2.36. The molecule has 0 saturated carbocycles. The smallest absolute Gasteiger partial charge is 0.264 e. The summed E-state index contributed by atoms with van der Waals surface area (Å²) in [6.45, 7) is 3.19. The van der Waals surface area contributed by atoms with Crippen molar-refractivity contribution in [3.63, 3.8) is 0 Å². The van der Waals surface area contributed by atoms with Gasteiger partial charge in [0, 0.05) is 24.0 Å². The highest BCUT2D eigenvalue weighted by Gasteiger charge is 2.20. The van der Waals surface area contributed by atoms with Gasteiger partial charge in [-0.25, -0.2) is 0 Å². The van der Waals surface area contributed by atoms with Crippen LogP contribution in [0.25, 0.3) is 0 Å². The van der Waals surface area contributed by atoms with Crippen LogP contribution in [0, 0.1) is 0 Å². The largest absolute Gasteiger partial charge is 0.484 e. The van der Waals surface area contributed by atoms with Gasteiger partial charge in [0.2, 0.25) is 0 Å². The van der Waals surface area contributed by atoms with Crippen molar-refractivity contribution in [3.8, 4) is 5.75 Å². The Balaban J connectivity index is 1.71. The van der Waals surface area contributed by atoms with E-state index in [0.717, 1.165) is 17.7 Å². The Morgan fingerprint density at radius 1 is 1.25 bits per heavy atom. The fourth-order valence-corrected chi connectivity index (χ4v) is 2.67. The molecule has 124 valence electrons. The summed E-state index contributed by atoms with van der Waals surface area (Å²) in [6, 6.07) is 13.3. The minimum absolute atomic E-state index is 0.00467. The maximum Gasteiger partial charge on any atom is 0.264 e. The lowest BCUT2D eigenvalue weighted by Gasteiger charge is -2.22. The van der Waals surface area contributed by atoms with Gasteiger partial charge in [0.1, 0.15) is 5.75 Å². The number of ether oxygens (including phenoxy) is 1. The van der Waals surface area contributed by atoms with E-state index in [4.69, 9.17) is 10.5 Å². The molecule has 2 aromatic rings. The summed E-state index contributed by atoms with van der Waals surface area (Å²) in [4.78, 5) is 18.6. The Kier molecular flexibility index (Phi) is 4.79. The van der Waals surface area contributed by atoms with Gasteiger partial charge >= 0.3 is 0 Å². The van der Waals surface area contributed by atoms with Gasteiger partial charge in [-0.3, -0.25) is 9.79 Å². The summed E-state index contributed by atoms with van der Waals surface area (Å²) >= 11 is 0. The first-order valence-corrected chi connectivity index (χ1v) is 8.09. The monoisotopic (exact) mass is 323 g/mol. The van der Waals surface area contributed by atoms with Crippen LogP contribution in [0.4, 0.5) is 11.4 Å². The van der Waals surface area contributed by atoms with E-state index in [9.17, 15) is 4.79 Å². The van der Waals surface area contributed by atoms with Gasteiger partial charge in [-0.15, -0.1) is 0 Å². The number of nitrogens with zero attached hydrogens (tertiary/aromatic N) is 2. The number of aliphatic imine (C=N–C) groups is 1. The number of hydrogen-bond acceptors (Lipinski definition) is 4. The molecular weight excluding hydrogens is 302 g/mol. The second-order valence-electron chi connectivity index (χ2n) is 5.69. The normalized spacial score (nSPS) is 13.3. The zero-order valence-corrected chi connectivity index (χ0v) is 13.7. The number of rotatable bonds is 4. The fourth-order valence-electron chi connectivity index (χ4n) is 2.67. The first-order chi connectivity index (χ1) is 11.7. The Morgan fingerprint density at radius 2 is 2.04 bits per heavy atom. The average Bonchev–Trinajstić information content (AvgIpc) is 2.82. The van der Waals surface area contributed by atoms with Crippen molar-refractivity contribution in [2.45, 2.75) is 13.3 Å². The van der Waals surface area contributed by atoms with Crippen molar-refractivity contribution in [2.75, 3.05) is 30.3 Å². The molecule has 1 heterocycles. The van der Waals surface area contributed by atoms with Gasteiger partial charge in [-0.2, -0.15) is 0 Å². The highest BCUT2D eigenvalue weighted by Crippen LogP contribution is 2.24. The van der Waals surface area contributed by atoms with Crippen LogP contribution >= 0.6 is 0 Å². The summed E-state index contributed by atoms with van der Waals surface area (Å²) in [5.74, 6) is 0.607. The van der Waals surface area contributed by atoms with Gasteiger partial charge in [0.15, 0.2) is 6.61 Å². The predicted molar refractivity (Wildman–Crippen MR) is 97.0 cm³/mol. The van der Waals surface area contributed by atoms with E-state index in [1.165, 1.54) is 5.56 Å². The zero-order chi connectivity index (χ0) is 16.9. The van der Waals surface area contributed by atoms with E-state index in [1.807, 2.05) is 36.4 Å². The number of fused-ring (bicyclic) bond motifs is 1. The van der Waals surface area contributed by atoms with Gasteiger partial charge in [0.05, 0.1) is 12.2 Å². The summed E-state index contributed by atoms with van der Waals surface area (Å²) in [7, 11) is 0. The molecule has 3 rings (SSSR count). The molecule has 0 atom stereocenters. The lowest BCUT2D eigenvalue weighted by atomic mass is 10.1. The van der Waals surface area contributed by atoms with Crippen molar-refractivity contribution in [2.24, 2.45) is 4.99 Å². The molecule has 0 radical (unpaired) electrons. The van der Waals surface area contributed by atoms with E-state index >= 15 is 0 Å². The molecule has 24 heavy (non-hydrogen) atoms. The van der Waals surface area contributed by atoms with Crippen LogP contribution in [0.2, 0.25) is 0 Å². The summed E-state index contributed by atoms with van der Waals surface area (Å²) in [5.41, 5.74) is 9.39. The lowest BCUT2D eigenvalue weighted by molar-refractivity contribution is -0.120. The number of hydrogen-bond donors (Lipinski definition) is 1. The third kappa shape index (κ3) is 3.56. The predicted octanol–water partition coefficient (Wildman–Crippen LogP) is 2.68. The minimum atomic E-state index is -0.0916. The molecule has 0 fully saturated rings. The van der Waals surface area contributed by atoms with Gasteiger partial charge in [-0.05, 0) is 42.3 Å². The van der Waals surface area contributed by atoms with E-state index < -0.39 is 0 Å². The van der Waals surface area contributed by atoms with Gasteiger partial charge in [0.25, 0.3) is 5.91 Å². The molecule has 1 aliphatic rings. The first kappa shape index (κ1) is 16.1. The Bertz CT molecular complexity index is 754. The number of aryl methyl sites for hydroxylation is 1. The maximum atomic E-state index is 12.6. The molecule has 5 nitrogen and oxygen atoms in total. The van der Waals surface area contributed by atoms with Crippen LogP contribution in [-0.2, 0) is 11.2 Å². The molecule has 0 saturated heterocycles. The first-order valence-electron chi connectivity index (χ1n) is 8.09. The minimum Gasteiger partial charge on any atom is -0.484 e. The van der Waals surface area contributed by atoms with Crippen LogP contribution in [0.1, 0.15) is 18.1 Å². The summed E-state index contributed by atoms with van der Waals surface area (Å²) < 4.78 is 5.64. The van der Waals surface area contributed by atoms with Crippen LogP contribution in [0.5, 0.6) is 5.75 Å². The SMILES string of the molecule is CCc1ccc(OCC(=O)N2CCN=Cc3cc(N)ccc32)cc1. The van der Waals surface area contributed by atoms with E-state index in [-0.39, 0.29) is 12.5 Å². The molecule has 5 heteroatoms. The van der Waals surface area contributed by atoms with E-state index in [2.05, 4.69) is 11.9 Å². The molecule has 2 N–H and O–H groups in total. The van der Waals surface area contributed by atoms with Gasteiger partial charge < -0.3 is 15.4 Å². The number of nitrogens with two attached hydrogens (primary N) is 1. The number of benzodiazepines with no additional fused rings is 1. The van der Waals surface area contributed by atoms with Crippen molar-refractivity contribution in [1.29, 1.82) is 0 Å². The number of anilines is 2. The third-order valence-corrected chi connectivity index (χ3v) is 4.02. The second-order valence-corrected chi connectivity index (χ2v) is 5.69. The molecule has 0 spiro atoms. The Labute approximate surface area is 141 Å². The molecule has 0 aromatic heterocycles. The molecule has 2 aromatic carbocycles. The molecule has 0 unspecified atom stereocenters. The molecule has 1 aliphatic heterocycles. The zero-order valence-electron chi connectivity index (χ0n) is 13.7. The summed E-state index contributed by atoms with van der Waals surface area (Å²) in [6.07, 6.45) is 2.75. The third-order valence-electron chi connectivity index (χ3n) is 4.02. The Morgan fingerprint density at radius 3 is 2.79 bits per heavy atom. The molecule has 0 aliphatic carbocycles. The number of carbonyl (C=O) groups excluding carboxylic acids is 1. The number of benzene rings is 2. The topological polar surface area (TPSA) is 67.9 Å². The summed E-state index contributed by atoms with van der Waals surface area (Å²) in [5, 5.41) is 0. The highest BCUT2D eigenvalue weighted by atomic mass is 16.5. The number of amides is 1. The molecule has 0 bridgehead atoms. The fraction of sp³-hybridized carbons (Fsp3) is 0.263. The average molecular weight is 323 g/mol. The van der Waals surface area contributed by atoms with Gasteiger partial charge in [-0.1, -0.05) is 19.1 Å². The maximum absolute atomic E-state index is 12.6. The van der Waals surface area contributed by atoms with Crippen LogP contribution < -0.4 is 15.4 Å². The number of carbonyl (C=O) groups is 1. The van der Waals surface area contributed by atoms with Crippen LogP contribution in [0.3, 0.4) is 0 Å². The van der Waals surface area contributed by atoms with E-state index in [1.54, 1.807) is 17.2 Å². The number of nitrogen functional groups attached to an aromatic ring is 1. The van der Waals surface area contributed by atoms with Crippen molar-refractivity contribution < 1.29 is 9.53 Å². The quantitative estimate of drug-likeness (QED) is 0.880. The standard InChI is InChI=1S/C19H21N3O2/c1-2-14-3-6-17(7-4-14)24-13-19(23)22-10-9-21-12-15-11-16(20)5-8-18(15)22/h3-8,11-12H,2,9-10,13,20H2,1H3. The van der Waals surface area contributed by atoms with E-state index in [0.29, 0.717) is 24.5 Å². The van der Waals surface area contributed by atoms with Crippen molar-refractivity contribution in [1.82, 2.24) is 0 Å². The van der Waals surface area contributed by atoms with Crippen molar-refractivity contribution >= 4 is 23.5 Å². The Hall–Kier alpha value is -2.82. The molecular formula is C19H21N3O2. The van der Waals surface area contributed by atoms with Crippen LogP contribution in [0.15, 0.2) is 47.5 Å². The van der Waals surface area contributed by atoms with Crippen LogP contribution in [-0.4, -0.2) is 31.8 Å². The second kappa shape index (κ2) is 7.17.